The number of hydrogen-bond acceptors (Lipinski definition) is 4. The number of aromatic nitrogens is 2. The fraction of sp³-hybridized carbons (Fsp3) is 0.400. The zero-order chi connectivity index (χ0) is 9.97. The minimum atomic E-state index is -0.223. The van der Waals surface area contributed by atoms with E-state index in [4.69, 9.17) is 10.5 Å². The van der Waals surface area contributed by atoms with Crippen molar-refractivity contribution >= 4 is 0 Å². The first kappa shape index (κ1) is 9.15. The summed E-state index contributed by atoms with van der Waals surface area (Å²) in [6, 6.07) is -0.223. The van der Waals surface area contributed by atoms with E-state index in [2.05, 4.69) is 9.97 Å². The molecule has 14 heavy (non-hydrogen) atoms. The van der Waals surface area contributed by atoms with Crippen molar-refractivity contribution in [1.82, 2.24) is 9.97 Å². The van der Waals surface area contributed by atoms with Crippen LogP contribution in [0.3, 0.4) is 0 Å². The van der Waals surface area contributed by atoms with Crippen LogP contribution in [0.5, 0.6) is 0 Å². The molecule has 2 N–H and O–H groups in total. The Balaban J connectivity index is 2.26. The van der Waals surface area contributed by atoms with Gasteiger partial charge in [0.25, 0.3) is 0 Å². The highest BCUT2D eigenvalue weighted by atomic mass is 16.5. The number of aryl methyl sites for hydroxylation is 1. The standard InChI is InChI=1S/C10H13N3O/c1-7-8(5-12-6-13-7)10(11)9-3-2-4-14-9/h3,5-6,10H,2,4,11H2,1H3. The summed E-state index contributed by atoms with van der Waals surface area (Å²) in [5.41, 5.74) is 7.87. The number of hydrogen-bond donors (Lipinski definition) is 1. The van der Waals surface area contributed by atoms with Crippen molar-refractivity contribution in [2.45, 2.75) is 19.4 Å². The normalized spacial score (nSPS) is 17.4. The van der Waals surface area contributed by atoms with E-state index >= 15 is 0 Å². The van der Waals surface area contributed by atoms with Gasteiger partial charge in [0.05, 0.1) is 12.6 Å². The van der Waals surface area contributed by atoms with Crippen molar-refractivity contribution in [2.75, 3.05) is 6.61 Å². The molecule has 0 bridgehead atoms. The minimum absolute atomic E-state index is 0.223. The zero-order valence-corrected chi connectivity index (χ0v) is 8.10. The van der Waals surface area contributed by atoms with Crippen molar-refractivity contribution < 1.29 is 4.74 Å². The van der Waals surface area contributed by atoms with Gasteiger partial charge in [0.15, 0.2) is 0 Å². The second kappa shape index (κ2) is 3.75. The Morgan fingerprint density at radius 1 is 1.57 bits per heavy atom. The van der Waals surface area contributed by atoms with E-state index in [9.17, 15) is 0 Å². The highest BCUT2D eigenvalue weighted by molar-refractivity contribution is 5.26. The number of nitrogens with zero attached hydrogens (tertiary/aromatic N) is 2. The third kappa shape index (κ3) is 1.61. The van der Waals surface area contributed by atoms with Crippen LogP contribution in [0.4, 0.5) is 0 Å². The Hall–Kier alpha value is -1.42. The van der Waals surface area contributed by atoms with Crippen LogP contribution >= 0.6 is 0 Å². The van der Waals surface area contributed by atoms with Gasteiger partial charge in [0, 0.05) is 23.9 Å². The summed E-state index contributed by atoms with van der Waals surface area (Å²) >= 11 is 0. The maximum atomic E-state index is 6.03. The third-order valence-electron chi connectivity index (χ3n) is 2.32. The fourth-order valence-corrected chi connectivity index (χ4v) is 1.51. The molecule has 0 radical (unpaired) electrons. The van der Waals surface area contributed by atoms with Crippen molar-refractivity contribution in [3.63, 3.8) is 0 Å². The molecule has 74 valence electrons. The van der Waals surface area contributed by atoms with Crippen LogP contribution in [0.2, 0.25) is 0 Å². The molecule has 1 aliphatic rings. The van der Waals surface area contributed by atoms with Crippen LogP contribution in [-0.4, -0.2) is 16.6 Å². The quantitative estimate of drug-likeness (QED) is 0.760. The molecule has 0 saturated heterocycles. The van der Waals surface area contributed by atoms with E-state index in [0.29, 0.717) is 0 Å². The fourth-order valence-electron chi connectivity index (χ4n) is 1.51. The summed E-state index contributed by atoms with van der Waals surface area (Å²) in [6.45, 7) is 2.65. The first-order valence-corrected chi connectivity index (χ1v) is 4.64. The molecule has 1 unspecified atom stereocenters. The number of ether oxygens (including phenoxy) is 1. The largest absolute Gasteiger partial charge is 0.496 e. The molecule has 0 fully saturated rings. The lowest BCUT2D eigenvalue weighted by Gasteiger charge is -2.14. The zero-order valence-electron chi connectivity index (χ0n) is 8.10. The highest BCUT2D eigenvalue weighted by Gasteiger charge is 2.18. The van der Waals surface area contributed by atoms with Gasteiger partial charge in [-0.05, 0) is 13.0 Å². The second-order valence-corrected chi connectivity index (χ2v) is 3.28. The molecule has 2 heterocycles. The van der Waals surface area contributed by atoms with E-state index < -0.39 is 0 Å². The minimum Gasteiger partial charge on any atom is -0.496 e. The van der Waals surface area contributed by atoms with Crippen molar-refractivity contribution in [2.24, 2.45) is 5.73 Å². The Kier molecular flexibility index (Phi) is 2.45. The maximum Gasteiger partial charge on any atom is 0.115 e. The summed E-state index contributed by atoms with van der Waals surface area (Å²) in [4.78, 5) is 8.06. The third-order valence-corrected chi connectivity index (χ3v) is 2.32. The number of nitrogens with two attached hydrogens (primary N) is 1. The Bertz CT molecular complexity index is 362. The van der Waals surface area contributed by atoms with Crippen molar-refractivity contribution in [3.05, 3.63) is 35.6 Å². The maximum absolute atomic E-state index is 6.03. The van der Waals surface area contributed by atoms with Gasteiger partial charge < -0.3 is 10.5 Å². The second-order valence-electron chi connectivity index (χ2n) is 3.28. The van der Waals surface area contributed by atoms with Gasteiger partial charge in [-0.2, -0.15) is 0 Å². The molecule has 0 spiro atoms. The van der Waals surface area contributed by atoms with Crippen LogP contribution in [0, 0.1) is 6.92 Å². The summed E-state index contributed by atoms with van der Waals surface area (Å²) in [5.74, 6) is 0.836. The Morgan fingerprint density at radius 3 is 3.07 bits per heavy atom. The van der Waals surface area contributed by atoms with Crippen molar-refractivity contribution in [3.8, 4) is 0 Å². The predicted molar refractivity (Wildman–Crippen MR) is 52.3 cm³/mol. The monoisotopic (exact) mass is 191 g/mol. The summed E-state index contributed by atoms with van der Waals surface area (Å²) < 4.78 is 5.40. The van der Waals surface area contributed by atoms with Crippen LogP contribution < -0.4 is 5.73 Å². The first-order valence-electron chi connectivity index (χ1n) is 4.64. The van der Waals surface area contributed by atoms with E-state index in [-0.39, 0.29) is 6.04 Å². The van der Waals surface area contributed by atoms with Crippen LogP contribution in [-0.2, 0) is 4.74 Å². The molecule has 1 aromatic heterocycles. The van der Waals surface area contributed by atoms with E-state index in [1.165, 1.54) is 6.33 Å². The molecule has 1 aliphatic heterocycles. The van der Waals surface area contributed by atoms with Crippen LogP contribution in [0.25, 0.3) is 0 Å². The molecule has 1 atom stereocenters. The molecular formula is C10H13N3O. The van der Waals surface area contributed by atoms with Gasteiger partial charge in [-0.3, -0.25) is 0 Å². The van der Waals surface area contributed by atoms with Gasteiger partial charge in [0.2, 0.25) is 0 Å². The SMILES string of the molecule is Cc1ncncc1C(N)C1=CCCO1. The molecule has 4 nitrogen and oxygen atoms in total. The molecule has 0 amide bonds. The van der Waals surface area contributed by atoms with Gasteiger partial charge in [-0.1, -0.05) is 0 Å². The average Bonchev–Trinajstić information content (AvgIpc) is 2.70. The van der Waals surface area contributed by atoms with Gasteiger partial charge >= 0.3 is 0 Å². The molecule has 0 aliphatic carbocycles. The molecule has 0 saturated carbocycles. The lowest BCUT2D eigenvalue weighted by atomic mass is 10.1. The predicted octanol–water partition coefficient (Wildman–Crippen LogP) is 1.09. The lowest BCUT2D eigenvalue weighted by Crippen LogP contribution is -2.15. The molecular weight excluding hydrogens is 178 g/mol. The first-order chi connectivity index (χ1) is 6.79. The number of rotatable bonds is 2. The van der Waals surface area contributed by atoms with Gasteiger partial charge in [-0.15, -0.1) is 0 Å². The molecule has 0 aromatic carbocycles. The van der Waals surface area contributed by atoms with Gasteiger partial charge in [0.1, 0.15) is 12.1 Å². The van der Waals surface area contributed by atoms with Crippen LogP contribution in [0.15, 0.2) is 24.4 Å². The van der Waals surface area contributed by atoms with E-state index in [1.807, 2.05) is 13.0 Å². The summed E-state index contributed by atoms with van der Waals surface area (Å²) in [6.07, 6.45) is 6.23. The molecule has 2 rings (SSSR count). The average molecular weight is 191 g/mol. The van der Waals surface area contributed by atoms with Crippen LogP contribution in [0.1, 0.15) is 23.7 Å². The topological polar surface area (TPSA) is 61.0 Å². The van der Waals surface area contributed by atoms with Crippen molar-refractivity contribution in [1.29, 1.82) is 0 Å². The smallest absolute Gasteiger partial charge is 0.115 e. The highest BCUT2D eigenvalue weighted by Crippen LogP contribution is 2.24. The summed E-state index contributed by atoms with van der Waals surface area (Å²) in [7, 11) is 0. The Labute approximate surface area is 82.8 Å². The molecule has 4 heteroatoms. The van der Waals surface area contributed by atoms with E-state index in [1.54, 1.807) is 6.20 Å². The lowest BCUT2D eigenvalue weighted by molar-refractivity contribution is 0.225. The van der Waals surface area contributed by atoms with E-state index in [0.717, 1.165) is 30.0 Å². The Morgan fingerprint density at radius 2 is 2.43 bits per heavy atom. The van der Waals surface area contributed by atoms with Gasteiger partial charge in [-0.25, -0.2) is 9.97 Å². The molecule has 1 aromatic rings. The summed E-state index contributed by atoms with van der Waals surface area (Å²) in [5, 5.41) is 0.